The van der Waals surface area contributed by atoms with Gasteiger partial charge in [-0.2, -0.15) is 0 Å². The third-order valence-corrected chi connectivity index (χ3v) is 2.42. The molecule has 0 N–H and O–H groups in total. The molecule has 0 amide bonds. The van der Waals surface area contributed by atoms with Gasteiger partial charge in [-0.1, -0.05) is 67.6 Å². The average Bonchev–Trinajstić information content (AvgIpc) is 2.39. The molecule has 20 heavy (non-hydrogen) atoms. The summed E-state index contributed by atoms with van der Waals surface area (Å²) in [6.07, 6.45) is 0. The van der Waals surface area contributed by atoms with Crippen molar-refractivity contribution in [2.24, 2.45) is 0 Å². The SMILES string of the molecule is CC(C[N-]c1ccccc1)[N-]c1ccccc1.[Br-].[Br-].[Hf+4]. The maximum atomic E-state index is 4.58. The summed E-state index contributed by atoms with van der Waals surface area (Å²) in [5.41, 5.74) is 2.03. The van der Waals surface area contributed by atoms with Crippen molar-refractivity contribution in [3.63, 3.8) is 0 Å². The Morgan fingerprint density at radius 2 is 1.25 bits per heavy atom. The molecule has 0 fully saturated rings. The second-order valence-corrected chi connectivity index (χ2v) is 3.99. The van der Waals surface area contributed by atoms with E-state index in [1.165, 1.54) is 0 Å². The number of hydrogen-bond acceptors (Lipinski definition) is 0. The molecule has 0 spiro atoms. The number of rotatable bonds is 5. The molecule has 0 saturated heterocycles. The van der Waals surface area contributed by atoms with Gasteiger partial charge in [-0.3, -0.25) is 0 Å². The molecule has 0 aromatic heterocycles. The van der Waals surface area contributed by atoms with Gasteiger partial charge in [0.2, 0.25) is 0 Å². The number of hydrogen-bond donors (Lipinski definition) is 0. The fourth-order valence-corrected chi connectivity index (χ4v) is 1.58. The average molecular weight is 563 g/mol. The summed E-state index contributed by atoms with van der Waals surface area (Å²) < 4.78 is 0. The van der Waals surface area contributed by atoms with E-state index in [0.717, 1.165) is 17.9 Å². The van der Waals surface area contributed by atoms with Gasteiger partial charge in [0.25, 0.3) is 0 Å². The Labute approximate surface area is 161 Å². The fraction of sp³-hybridized carbons (Fsp3) is 0.200. The van der Waals surface area contributed by atoms with Gasteiger partial charge in [0, 0.05) is 0 Å². The monoisotopic (exact) mass is 562 g/mol. The van der Waals surface area contributed by atoms with E-state index in [4.69, 9.17) is 0 Å². The van der Waals surface area contributed by atoms with Crippen molar-refractivity contribution >= 4 is 11.4 Å². The van der Waals surface area contributed by atoms with E-state index < -0.39 is 0 Å². The molecule has 1 unspecified atom stereocenters. The van der Waals surface area contributed by atoms with Gasteiger partial charge >= 0.3 is 25.8 Å². The normalized spacial score (nSPS) is 10.1. The number of nitrogens with zero attached hydrogens (tertiary/aromatic N) is 2. The predicted octanol–water partition coefficient (Wildman–Crippen LogP) is -1.21. The minimum absolute atomic E-state index is 0. The van der Waals surface area contributed by atoms with E-state index >= 15 is 0 Å². The van der Waals surface area contributed by atoms with Crippen LogP contribution in [-0.2, 0) is 25.8 Å². The summed E-state index contributed by atoms with van der Waals surface area (Å²) in [6.45, 7) is 2.80. The Morgan fingerprint density at radius 1 is 0.800 bits per heavy atom. The third kappa shape index (κ3) is 8.22. The van der Waals surface area contributed by atoms with Crippen molar-refractivity contribution < 1.29 is 59.8 Å². The van der Waals surface area contributed by atoms with Gasteiger partial charge < -0.3 is 44.6 Å². The summed E-state index contributed by atoms with van der Waals surface area (Å²) in [5.74, 6) is 0. The molecule has 2 nitrogen and oxygen atoms in total. The first-order valence-corrected chi connectivity index (χ1v) is 5.83. The molecule has 0 bridgehead atoms. The zero-order valence-corrected chi connectivity index (χ0v) is 18.0. The van der Waals surface area contributed by atoms with Crippen molar-refractivity contribution in [3.05, 3.63) is 71.3 Å². The van der Waals surface area contributed by atoms with Gasteiger partial charge in [0.05, 0.1) is 0 Å². The van der Waals surface area contributed by atoms with Gasteiger partial charge in [0.1, 0.15) is 0 Å². The first-order valence-electron chi connectivity index (χ1n) is 5.83. The maximum absolute atomic E-state index is 4.58. The zero-order chi connectivity index (χ0) is 11.9. The predicted molar refractivity (Wildman–Crippen MR) is 73.3 cm³/mol. The van der Waals surface area contributed by atoms with E-state index in [1.54, 1.807) is 0 Å². The van der Waals surface area contributed by atoms with Crippen LogP contribution in [0.1, 0.15) is 6.92 Å². The molecular weight excluding hydrogens is 546 g/mol. The van der Waals surface area contributed by atoms with E-state index in [9.17, 15) is 0 Å². The Hall–Kier alpha value is -0.130. The van der Waals surface area contributed by atoms with Crippen LogP contribution in [0.25, 0.3) is 10.6 Å². The van der Waals surface area contributed by atoms with Crippen LogP contribution in [0.2, 0.25) is 0 Å². The van der Waals surface area contributed by atoms with Crippen LogP contribution in [-0.4, -0.2) is 12.6 Å². The summed E-state index contributed by atoms with van der Waals surface area (Å²) in [5, 5.41) is 9.09. The fourth-order valence-electron chi connectivity index (χ4n) is 1.58. The summed E-state index contributed by atoms with van der Waals surface area (Å²) >= 11 is 0. The molecule has 1 atom stereocenters. The minimum Gasteiger partial charge on any atom is -1.00 e. The van der Waals surface area contributed by atoms with E-state index in [0.29, 0.717) is 0 Å². The van der Waals surface area contributed by atoms with Gasteiger partial charge in [-0.15, -0.1) is 24.0 Å². The Bertz CT molecular complexity index is 440. The second-order valence-electron chi connectivity index (χ2n) is 3.99. The molecule has 5 heteroatoms. The number of para-hydroxylation sites is 2. The molecule has 0 saturated carbocycles. The molecule has 0 aliphatic heterocycles. The quantitative estimate of drug-likeness (QED) is 0.410. The van der Waals surface area contributed by atoms with Gasteiger partial charge in [-0.25, -0.2) is 0 Å². The summed E-state index contributed by atoms with van der Waals surface area (Å²) in [4.78, 5) is 0. The first-order chi connectivity index (χ1) is 8.34. The molecule has 2 aromatic carbocycles. The van der Waals surface area contributed by atoms with E-state index in [2.05, 4.69) is 17.6 Å². The van der Waals surface area contributed by atoms with Crippen molar-refractivity contribution in [2.45, 2.75) is 13.0 Å². The number of halogens is 2. The van der Waals surface area contributed by atoms with Crippen LogP contribution in [0.5, 0.6) is 0 Å². The molecular formula is C15H16Br2HfN2. The largest absolute Gasteiger partial charge is 4.00 e. The number of benzene rings is 2. The molecule has 2 aromatic rings. The topological polar surface area (TPSA) is 28.2 Å². The molecule has 104 valence electrons. The standard InChI is InChI=1S/C15H16N2.2BrH.Hf/c1-13(17-15-10-6-3-7-11-15)12-16-14-8-4-2-5-9-14;;;/h2-11,13H,12H2,1H3;2*1H;/q-2;;;+4/p-2. The summed E-state index contributed by atoms with van der Waals surface area (Å²) in [6, 6.07) is 20.2. The van der Waals surface area contributed by atoms with Crippen LogP contribution < -0.4 is 34.0 Å². The van der Waals surface area contributed by atoms with Crippen molar-refractivity contribution in [3.8, 4) is 0 Å². The van der Waals surface area contributed by atoms with Crippen LogP contribution >= 0.6 is 0 Å². The molecule has 0 heterocycles. The summed E-state index contributed by atoms with van der Waals surface area (Å²) in [7, 11) is 0. The minimum atomic E-state index is 0. The van der Waals surface area contributed by atoms with E-state index in [1.807, 2.05) is 60.7 Å². The van der Waals surface area contributed by atoms with Crippen LogP contribution in [0, 0.1) is 0 Å². The van der Waals surface area contributed by atoms with Crippen molar-refractivity contribution in [2.75, 3.05) is 6.54 Å². The van der Waals surface area contributed by atoms with Crippen LogP contribution in [0.4, 0.5) is 11.4 Å². The zero-order valence-electron chi connectivity index (χ0n) is 11.2. The molecule has 2 rings (SSSR count). The Balaban J connectivity index is 0. The molecule has 0 aliphatic rings. The van der Waals surface area contributed by atoms with Crippen molar-refractivity contribution in [1.82, 2.24) is 0 Å². The molecule has 0 radical (unpaired) electrons. The Morgan fingerprint density at radius 3 is 1.75 bits per heavy atom. The molecule has 0 aliphatic carbocycles. The van der Waals surface area contributed by atoms with Crippen LogP contribution in [0.15, 0.2) is 60.7 Å². The first kappa shape index (κ1) is 22.2. The smallest absolute Gasteiger partial charge is 1.00 e. The van der Waals surface area contributed by atoms with Crippen LogP contribution in [0.3, 0.4) is 0 Å². The maximum Gasteiger partial charge on any atom is 4.00 e. The van der Waals surface area contributed by atoms with Gasteiger partial charge in [0.15, 0.2) is 0 Å². The second kappa shape index (κ2) is 12.6. The van der Waals surface area contributed by atoms with Gasteiger partial charge in [-0.05, 0) is 0 Å². The van der Waals surface area contributed by atoms with E-state index in [-0.39, 0.29) is 65.8 Å². The Kier molecular flexibility index (Phi) is 14.0. The third-order valence-electron chi connectivity index (χ3n) is 2.42. The van der Waals surface area contributed by atoms with Crippen molar-refractivity contribution in [1.29, 1.82) is 0 Å².